The van der Waals surface area contributed by atoms with Gasteiger partial charge in [-0.1, -0.05) is 30.3 Å². The van der Waals surface area contributed by atoms with E-state index in [1.54, 1.807) is 0 Å². The predicted molar refractivity (Wildman–Crippen MR) is 100 cm³/mol. The molecule has 0 aromatic heterocycles. The molecule has 6 heteroatoms. The molecular formula is C17H29Cl2N3O. The second-order valence-electron chi connectivity index (χ2n) is 5.85. The van der Waals surface area contributed by atoms with Crippen molar-refractivity contribution in [2.45, 2.75) is 32.2 Å². The molecule has 1 aliphatic rings. The maximum Gasteiger partial charge on any atom is 0.224 e. The summed E-state index contributed by atoms with van der Waals surface area (Å²) in [5.41, 5.74) is 6.78. The fraction of sp³-hybridized carbons (Fsp3) is 0.588. The SMILES string of the molecule is Cl.Cl.NCCCCNC(=O)C1CCCN(Cc2ccccc2)C1. The fourth-order valence-electron chi connectivity index (χ4n) is 2.88. The van der Waals surface area contributed by atoms with Crippen molar-refractivity contribution in [3.05, 3.63) is 35.9 Å². The smallest absolute Gasteiger partial charge is 0.224 e. The normalized spacial score (nSPS) is 17.7. The van der Waals surface area contributed by atoms with Crippen LogP contribution in [0, 0.1) is 5.92 Å². The Morgan fingerprint density at radius 3 is 2.65 bits per heavy atom. The summed E-state index contributed by atoms with van der Waals surface area (Å²) in [6.07, 6.45) is 4.06. The van der Waals surface area contributed by atoms with Crippen molar-refractivity contribution in [1.82, 2.24) is 10.2 Å². The van der Waals surface area contributed by atoms with E-state index < -0.39 is 0 Å². The number of unbranched alkanes of at least 4 members (excludes halogenated alkanes) is 1. The van der Waals surface area contributed by atoms with Gasteiger partial charge in [0, 0.05) is 19.6 Å². The zero-order valence-corrected chi connectivity index (χ0v) is 15.2. The zero-order valence-electron chi connectivity index (χ0n) is 13.6. The summed E-state index contributed by atoms with van der Waals surface area (Å²) in [6, 6.07) is 10.5. The van der Waals surface area contributed by atoms with Gasteiger partial charge in [0.15, 0.2) is 0 Å². The number of nitrogens with two attached hydrogens (primary N) is 1. The van der Waals surface area contributed by atoms with Crippen molar-refractivity contribution in [2.75, 3.05) is 26.2 Å². The summed E-state index contributed by atoms with van der Waals surface area (Å²) < 4.78 is 0. The van der Waals surface area contributed by atoms with Gasteiger partial charge in [0.25, 0.3) is 0 Å². The first-order valence-electron chi connectivity index (χ1n) is 8.03. The third-order valence-corrected chi connectivity index (χ3v) is 4.06. The quantitative estimate of drug-likeness (QED) is 0.733. The number of nitrogens with one attached hydrogen (secondary N) is 1. The van der Waals surface area contributed by atoms with E-state index in [0.717, 1.165) is 51.9 Å². The topological polar surface area (TPSA) is 58.4 Å². The van der Waals surface area contributed by atoms with E-state index in [2.05, 4.69) is 34.5 Å². The lowest BCUT2D eigenvalue weighted by molar-refractivity contribution is -0.126. The van der Waals surface area contributed by atoms with Crippen LogP contribution in [0.4, 0.5) is 0 Å². The maximum atomic E-state index is 12.2. The molecule has 1 atom stereocenters. The van der Waals surface area contributed by atoms with Crippen molar-refractivity contribution < 1.29 is 4.79 Å². The standard InChI is InChI=1S/C17H27N3O.2ClH/c18-10-4-5-11-19-17(21)16-9-6-12-20(14-16)13-15-7-2-1-3-8-15;;/h1-3,7-8,16H,4-6,9-14,18H2,(H,19,21);2*1H. The Kier molecular flexibility index (Phi) is 12.1. The molecule has 1 saturated heterocycles. The molecular weight excluding hydrogens is 333 g/mol. The molecule has 3 N–H and O–H groups in total. The number of rotatable bonds is 7. The number of carbonyl (C=O) groups is 1. The second-order valence-corrected chi connectivity index (χ2v) is 5.85. The largest absolute Gasteiger partial charge is 0.356 e. The Morgan fingerprint density at radius 2 is 1.96 bits per heavy atom. The van der Waals surface area contributed by atoms with Gasteiger partial charge in [0.2, 0.25) is 5.91 Å². The first-order valence-corrected chi connectivity index (χ1v) is 8.03. The van der Waals surface area contributed by atoms with Gasteiger partial charge in [-0.2, -0.15) is 0 Å². The number of halogens is 2. The zero-order chi connectivity index (χ0) is 14.9. The van der Waals surface area contributed by atoms with Gasteiger partial charge in [0.05, 0.1) is 5.92 Å². The summed E-state index contributed by atoms with van der Waals surface area (Å²) in [6.45, 7) is 4.36. The average Bonchev–Trinajstić information content (AvgIpc) is 2.53. The lowest BCUT2D eigenvalue weighted by atomic mass is 9.96. The Balaban J connectivity index is 0.00000242. The summed E-state index contributed by atoms with van der Waals surface area (Å²) in [4.78, 5) is 14.6. The van der Waals surface area contributed by atoms with Crippen LogP contribution in [-0.4, -0.2) is 37.0 Å². The van der Waals surface area contributed by atoms with E-state index in [-0.39, 0.29) is 36.6 Å². The van der Waals surface area contributed by atoms with E-state index in [9.17, 15) is 4.79 Å². The third-order valence-electron chi connectivity index (χ3n) is 4.06. The van der Waals surface area contributed by atoms with Crippen LogP contribution in [-0.2, 0) is 11.3 Å². The monoisotopic (exact) mass is 361 g/mol. The molecule has 1 fully saturated rings. The molecule has 1 unspecified atom stereocenters. The first kappa shape index (κ1) is 22.2. The Morgan fingerprint density at radius 1 is 1.22 bits per heavy atom. The molecule has 1 amide bonds. The van der Waals surface area contributed by atoms with Crippen LogP contribution in [0.15, 0.2) is 30.3 Å². The van der Waals surface area contributed by atoms with Crippen LogP contribution in [0.1, 0.15) is 31.2 Å². The number of likely N-dealkylation sites (tertiary alicyclic amines) is 1. The van der Waals surface area contributed by atoms with E-state index in [4.69, 9.17) is 5.73 Å². The van der Waals surface area contributed by atoms with Gasteiger partial charge < -0.3 is 11.1 Å². The molecule has 23 heavy (non-hydrogen) atoms. The second kappa shape index (κ2) is 12.6. The van der Waals surface area contributed by atoms with E-state index in [0.29, 0.717) is 6.54 Å². The number of piperidine rings is 1. The molecule has 2 rings (SSSR count). The van der Waals surface area contributed by atoms with E-state index >= 15 is 0 Å². The van der Waals surface area contributed by atoms with Crippen LogP contribution in [0.2, 0.25) is 0 Å². The van der Waals surface area contributed by atoms with Crippen LogP contribution < -0.4 is 11.1 Å². The lowest BCUT2D eigenvalue weighted by Gasteiger charge is -2.32. The number of hydrogen-bond donors (Lipinski definition) is 2. The molecule has 1 heterocycles. The minimum atomic E-state index is 0. The van der Waals surface area contributed by atoms with Crippen LogP contribution in [0.25, 0.3) is 0 Å². The number of carbonyl (C=O) groups excluding carboxylic acids is 1. The van der Waals surface area contributed by atoms with Gasteiger partial charge in [-0.05, 0) is 44.3 Å². The molecule has 0 radical (unpaired) electrons. The highest BCUT2D eigenvalue weighted by molar-refractivity contribution is 5.85. The summed E-state index contributed by atoms with van der Waals surface area (Å²) >= 11 is 0. The Bertz CT molecular complexity index is 431. The van der Waals surface area contributed by atoms with Crippen molar-refractivity contribution >= 4 is 30.7 Å². The first-order chi connectivity index (χ1) is 10.3. The molecule has 0 aliphatic carbocycles. The molecule has 1 aromatic rings. The molecule has 1 aromatic carbocycles. The molecule has 0 bridgehead atoms. The maximum absolute atomic E-state index is 12.2. The third kappa shape index (κ3) is 8.02. The Labute approximate surface area is 152 Å². The predicted octanol–water partition coefficient (Wildman–Crippen LogP) is 2.60. The summed E-state index contributed by atoms with van der Waals surface area (Å²) in [5.74, 6) is 0.352. The minimum Gasteiger partial charge on any atom is -0.356 e. The molecule has 0 saturated carbocycles. The number of nitrogens with zero attached hydrogens (tertiary/aromatic N) is 1. The van der Waals surface area contributed by atoms with Gasteiger partial charge >= 0.3 is 0 Å². The van der Waals surface area contributed by atoms with Crippen LogP contribution >= 0.6 is 24.8 Å². The summed E-state index contributed by atoms with van der Waals surface area (Å²) in [5, 5.41) is 3.05. The van der Waals surface area contributed by atoms with E-state index in [1.807, 2.05) is 6.07 Å². The van der Waals surface area contributed by atoms with Gasteiger partial charge in [-0.25, -0.2) is 0 Å². The van der Waals surface area contributed by atoms with Crippen molar-refractivity contribution in [1.29, 1.82) is 0 Å². The average molecular weight is 362 g/mol. The van der Waals surface area contributed by atoms with Crippen molar-refractivity contribution in [3.8, 4) is 0 Å². The minimum absolute atomic E-state index is 0. The highest BCUT2D eigenvalue weighted by atomic mass is 35.5. The highest BCUT2D eigenvalue weighted by Gasteiger charge is 2.25. The van der Waals surface area contributed by atoms with Crippen molar-refractivity contribution in [2.24, 2.45) is 11.7 Å². The van der Waals surface area contributed by atoms with Gasteiger partial charge in [0.1, 0.15) is 0 Å². The number of benzene rings is 1. The van der Waals surface area contributed by atoms with Crippen molar-refractivity contribution in [3.63, 3.8) is 0 Å². The van der Waals surface area contributed by atoms with Gasteiger partial charge in [-0.3, -0.25) is 9.69 Å². The highest BCUT2D eigenvalue weighted by Crippen LogP contribution is 2.18. The fourth-order valence-corrected chi connectivity index (χ4v) is 2.88. The molecule has 0 spiro atoms. The number of hydrogen-bond acceptors (Lipinski definition) is 3. The lowest BCUT2D eigenvalue weighted by Crippen LogP contribution is -2.42. The number of amides is 1. The van der Waals surface area contributed by atoms with Crippen LogP contribution in [0.5, 0.6) is 0 Å². The molecule has 4 nitrogen and oxygen atoms in total. The van der Waals surface area contributed by atoms with Gasteiger partial charge in [-0.15, -0.1) is 24.8 Å². The molecule has 132 valence electrons. The van der Waals surface area contributed by atoms with E-state index in [1.165, 1.54) is 5.56 Å². The van der Waals surface area contributed by atoms with Crippen LogP contribution in [0.3, 0.4) is 0 Å². The summed E-state index contributed by atoms with van der Waals surface area (Å²) in [7, 11) is 0. The Hall–Kier alpha value is -0.810. The molecule has 1 aliphatic heterocycles.